The SMILES string of the molecule is O=S(=O)(c1cccc2nsnc12)N1CCC(COc2cc(C3CC3)ncn2)CC1. The number of rotatable bonds is 6. The van der Waals surface area contributed by atoms with E-state index in [4.69, 9.17) is 4.74 Å². The molecule has 0 radical (unpaired) electrons. The zero-order valence-electron chi connectivity index (χ0n) is 15.8. The minimum atomic E-state index is -3.58. The molecule has 1 saturated carbocycles. The minimum absolute atomic E-state index is 0.243. The van der Waals surface area contributed by atoms with E-state index in [1.54, 1.807) is 28.8 Å². The molecule has 0 bridgehead atoms. The highest BCUT2D eigenvalue weighted by Gasteiger charge is 2.31. The number of fused-ring (bicyclic) bond motifs is 1. The van der Waals surface area contributed by atoms with Crippen LogP contribution in [0.2, 0.25) is 0 Å². The van der Waals surface area contributed by atoms with Gasteiger partial charge in [0.1, 0.15) is 22.3 Å². The number of hydrogen-bond donors (Lipinski definition) is 0. The first-order valence-corrected chi connectivity index (χ1v) is 11.9. The fourth-order valence-corrected chi connectivity index (χ4v) is 5.91. The summed E-state index contributed by atoms with van der Waals surface area (Å²) in [6, 6.07) is 7.04. The standard InChI is InChI=1S/C19H21N5O3S2/c25-29(26,17-3-1-2-15-19(17)23-28-22-15)24-8-6-13(7-9-24)11-27-18-10-16(14-4-5-14)20-12-21-18/h1-3,10,12-14H,4-9,11H2. The van der Waals surface area contributed by atoms with Crippen LogP contribution in [0.4, 0.5) is 0 Å². The lowest BCUT2D eigenvalue weighted by molar-refractivity contribution is 0.180. The van der Waals surface area contributed by atoms with Crippen LogP contribution in [-0.4, -0.2) is 51.1 Å². The Morgan fingerprint density at radius 2 is 1.93 bits per heavy atom. The summed E-state index contributed by atoms with van der Waals surface area (Å²) < 4.78 is 42.0. The van der Waals surface area contributed by atoms with Crippen LogP contribution < -0.4 is 4.74 Å². The van der Waals surface area contributed by atoms with Gasteiger partial charge in [-0.2, -0.15) is 13.1 Å². The van der Waals surface area contributed by atoms with Gasteiger partial charge >= 0.3 is 0 Å². The van der Waals surface area contributed by atoms with E-state index in [0.29, 0.717) is 48.4 Å². The molecule has 0 unspecified atom stereocenters. The maximum absolute atomic E-state index is 13.1. The summed E-state index contributed by atoms with van der Waals surface area (Å²) in [6.07, 6.45) is 5.45. The van der Waals surface area contributed by atoms with Crippen molar-refractivity contribution in [1.82, 2.24) is 23.0 Å². The van der Waals surface area contributed by atoms with Gasteiger partial charge < -0.3 is 4.74 Å². The number of ether oxygens (including phenoxy) is 1. The van der Waals surface area contributed by atoms with Crippen LogP contribution in [0.15, 0.2) is 35.5 Å². The Bertz CT molecular complexity index is 1120. The summed E-state index contributed by atoms with van der Waals surface area (Å²) in [5.74, 6) is 1.48. The molecule has 8 nitrogen and oxygen atoms in total. The topological polar surface area (TPSA) is 98.2 Å². The van der Waals surface area contributed by atoms with Gasteiger partial charge in [-0.15, -0.1) is 0 Å². The Balaban J connectivity index is 1.21. The van der Waals surface area contributed by atoms with Crippen LogP contribution in [0.3, 0.4) is 0 Å². The lowest BCUT2D eigenvalue weighted by Gasteiger charge is -2.31. The van der Waals surface area contributed by atoms with E-state index in [9.17, 15) is 8.42 Å². The molecule has 0 amide bonds. The van der Waals surface area contributed by atoms with Crippen molar-refractivity contribution in [1.29, 1.82) is 0 Å². The lowest BCUT2D eigenvalue weighted by atomic mass is 9.99. The second kappa shape index (κ2) is 7.58. The third-order valence-corrected chi connectivity index (χ3v) is 8.04. The van der Waals surface area contributed by atoms with Crippen LogP contribution in [0.25, 0.3) is 11.0 Å². The molecule has 3 aromatic rings. The molecular weight excluding hydrogens is 410 g/mol. The third-order valence-electron chi connectivity index (χ3n) is 5.57. The van der Waals surface area contributed by atoms with Gasteiger partial charge in [0.15, 0.2) is 0 Å². The van der Waals surface area contributed by atoms with Crippen molar-refractivity contribution in [2.75, 3.05) is 19.7 Å². The van der Waals surface area contributed by atoms with E-state index in [-0.39, 0.29) is 4.90 Å². The van der Waals surface area contributed by atoms with E-state index in [1.807, 2.05) is 6.07 Å². The van der Waals surface area contributed by atoms with Crippen LogP contribution >= 0.6 is 11.7 Å². The highest BCUT2D eigenvalue weighted by atomic mass is 32.2. The van der Waals surface area contributed by atoms with Gasteiger partial charge in [-0.1, -0.05) is 6.07 Å². The summed E-state index contributed by atoms with van der Waals surface area (Å²) in [7, 11) is -3.58. The van der Waals surface area contributed by atoms with Gasteiger partial charge in [0.25, 0.3) is 0 Å². The van der Waals surface area contributed by atoms with Gasteiger partial charge in [0.2, 0.25) is 15.9 Å². The van der Waals surface area contributed by atoms with Crippen molar-refractivity contribution in [3.63, 3.8) is 0 Å². The molecule has 1 aliphatic carbocycles. The summed E-state index contributed by atoms with van der Waals surface area (Å²) >= 11 is 1.03. The van der Waals surface area contributed by atoms with Crippen molar-refractivity contribution in [2.45, 2.75) is 36.5 Å². The van der Waals surface area contributed by atoms with Gasteiger partial charge in [0, 0.05) is 25.1 Å². The van der Waals surface area contributed by atoms with Crippen molar-refractivity contribution >= 4 is 32.8 Å². The third kappa shape index (κ3) is 3.84. The van der Waals surface area contributed by atoms with Crippen molar-refractivity contribution in [3.8, 4) is 5.88 Å². The first-order chi connectivity index (χ1) is 14.1. The minimum Gasteiger partial charge on any atom is -0.477 e. The lowest BCUT2D eigenvalue weighted by Crippen LogP contribution is -2.39. The van der Waals surface area contributed by atoms with Crippen LogP contribution in [0, 0.1) is 5.92 Å². The monoisotopic (exact) mass is 431 g/mol. The number of aromatic nitrogens is 4. The quantitative estimate of drug-likeness (QED) is 0.592. The van der Waals surface area contributed by atoms with Gasteiger partial charge in [-0.25, -0.2) is 18.4 Å². The summed E-state index contributed by atoms with van der Waals surface area (Å²) in [5.41, 5.74) is 2.13. The molecule has 0 atom stereocenters. The summed E-state index contributed by atoms with van der Waals surface area (Å²) in [4.78, 5) is 8.75. The molecule has 3 heterocycles. The van der Waals surface area contributed by atoms with Crippen LogP contribution in [0.5, 0.6) is 5.88 Å². The number of benzene rings is 1. The zero-order chi connectivity index (χ0) is 19.8. The normalized spacial score (nSPS) is 18.9. The highest BCUT2D eigenvalue weighted by Crippen LogP contribution is 2.39. The molecule has 29 heavy (non-hydrogen) atoms. The van der Waals surface area contributed by atoms with E-state index in [1.165, 1.54) is 12.8 Å². The molecule has 5 rings (SSSR count). The fraction of sp³-hybridized carbons (Fsp3) is 0.474. The molecular formula is C19H21N5O3S2. The van der Waals surface area contributed by atoms with E-state index in [2.05, 4.69) is 18.7 Å². The van der Waals surface area contributed by atoms with Crippen LogP contribution in [-0.2, 0) is 10.0 Å². The smallest absolute Gasteiger partial charge is 0.245 e. The Labute approximate surface area is 173 Å². The molecule has 1 saturated heterocycles. The Morgan fingerprint density at radius 1 is 1.10 bits per heavy atom. The second-order valence-electron chi connectivity index (χ2n) is 7.60. The van der Waals surface area contributed by atoms with Crippen molar-refractivity contribution < 1.29 is 13.2 Å². The van der Waals surface area contributed by atoms with E-state index < -0.39 is 10.0 Å². The van der Waals surface area contributed by atoms with Gasteiger partial charge in [-0.05, 0) is 43.7 Å². The summed E-state index contributed by atoms with van der Waals surface area (Å²) in [6.45, 7) is 1.49. The van der Waals surface area contributed by atoms with Crippen molar-refractivity contribution in [3.05, 3.63) is 36.3 Å². The first kappa shape index (κ1) is 18.8. The summed E-state index contributed by atoms with van der Waals surface area (Å²) in [5, 5.41) is 0. The maximum atomic E-state index is 13.1. The Kier molecular flexibility index (Phi) is 4.92. The number of piperidine rings is 1. The molecule has 0 N–H and O–H groups in total. The predicted octanol–water partition coefficient (Wildman–Crippen LogP) is 2.84. The number of hydrogen-bond acceptors (Lipinski definition) is 8. The molecule has 1 aliphatic heterocycles. The molecule has 2 aliphatic rings. The Morgan fingerprint density at radius 3 is 2.72 bits per heavy atom. The molecule has 1 aromatic carbocycles. The molecule has 2 fully saturated rings. The average molecular weight is 432 g/mol. The van der Waals surface area contributed by atoms with Gasteiger partial charge in [0.05, 0.1) is 24.0 Å². The van der Waals surface area contributed by atoms with E-state index in [0.717, 1.165) is 30.3 Å². The first-order valence-electron chi connectivity index (χ1n) is 9.77. The predicted molar refractivity (Wildman–Crippen MR) is 108 cm³/mol. The average Bonchev–Trinajstić information content (AvgIpc) is 3.49. The maximum Gasteiger partial charge on any atom is 0.245 e. The molecule has 152 valence electrons. The van der Waals surface area contributed by atoms with Gasteiger partial charge in [-0.3, -0.25) is 0 Å². The molecule has 0 spiro atoms. The zero-order valence-corrected chi connectivity index (χ0v) is 17.4. The van der Waals surface area contributed by atoms with E-state index >= 15 is 0 Å². The van der Waals surface area contributed by atoms with Crippen molar-refractivity contribution in [2.24, 2.45) is 5.92 Å². The molecule has 10 heteroatoms. The number of nitrogens with zero attached hydrogens (tertiary/aromatic N) is 5. The largest absolute Gasteiger partial charge is 0.477 e. The fourth-order valence-electron chi connectivity index (χ4n) is 3.68. The van der Waals surface area contributed by atoms with Crippen LogP contribution in [0.1, 0.15) is 37.3 Å². The highest BCUT2D eigenvalue weighted by molar-refractivity contribution is 7.89. The molecule has 2 aromatic heterocycles. The Hall–Kier alpha value is -2.17. The number of sulfonamides is 1. The second-order valence-corrected chi connectivity index (χ2v) is 10.0.